The molecule has 0 radical (unpaired) electrons. The molecule has 2 heteroatoms. The molecule has 16 heavy (non-hydrogen) atoms. The molecule has 0 saturated heterocycles. The SMILES string of the molecule is NC1Cc2ccc(C3CCCCC3)nc2C1. The van der Waals surface area contributed by atoms with Crippen molar-refractivity contribution in [3.8, 4) is 0 Å². The Morgan fingerprint density at radius 3 is 2.69 bits per heavy atom. The van der Waals surface area contributed by atoms with Crippen molar-refractivity contribution < 1.29 is 0 Å². The normalized spacial score (nSPS) is 25.7. The molecule has 1 atom stereocenters. The molecule has 2 nitrogen and oxygen atoms in total. The molecule has 1 aromatic rings. The Bertz CT molecular complexity index is 380. The Labute approximate surface area is 97.3 Å². The quantitative estimate of drug-likeness (QED) is 0.783. The van der Waals surface area contributed by atoms with Crippen LogP contribution in [0, 0.1) is 0 Å². The minimum absolute atomic E-state index is 0.309. The van der Waals surface area contributed by atoms with E-state index in [1.165, 1.54) is 49.1 Å². The molecule has 2 aliphatic rings. The molecule has 0 spiro atoms. The minimum Gasteiger partial charge on any atom is -0.327 e. The molecule has 86 valence electrons. The van der Waals surface area contributed by atoms with E-state index in [9.17, 15) is 0 Å². The third-order valence-electron chi connectivity index (χ3n) is 4.05. The van der Waals surface area contributed by atoms with E-state index in [-0.39, 0.29) is 0 Å². The standard InChI is InChI=1S/C14H20N2/c15-12-8-11-6-7-13(16-14(11)9-12)10-4-2-1-3-5-10/h6-7,10,12H,1-5,8-9,15H2. The molecule has 0 aliphatic heterocycles. The minimum atomic E-state index is 0.309. The molecule has 1 fully saturated rings. The number of rotatable bonds is 1. The molecule has 3 rings (SSSR count). The van der Waals surface area contributed by atoms with Gasteiger partial charge in [0.05, 0.1) is 0 Å². The molecule has 1 unspecified atom stereocenters. The molecule has 0 bridgehead atoms. The van der Waals surface area contributed by atoms with Crippen LogP contribution in [0.3, 0.4) is 0 Å². The highest BCUT2D eigenvalue weighted by Gasteiger charge is 2.22. The molecular weight excluding hydrogens is 196 g/mol. The van der Waals surface area contributed by atoms with Crippen LogP contribution in [0.2, 0.25) is 0 Å². The van der Waals surface area contributed by atoms with Crippen molar-refractivity contribution in [1.82, 2.24) is 4.98 Å². The number of hydrogen-bond acceptors (Lipinski definition) is 2. The van der Waals surface area contributed by atoms with E-state index >= 15 is 0 Å². The summed E-state index contributed by atoms with van der Waals surface area (Å²) >= 11 is 0. The summed E-state index contributed by atoms with van der Waals surface area (Å²) in [7, 11) is 0. The summed E-state index contributed by atoms with van der Waals surface area (Å²) in [5.74, 6) is 0.718. The van der Waals surface area contributed by atoms with Crippen LogP contribution in [-0.4, -0.2) is 11.0 Å². The Morgan fingerprint density at radius 2 is 1.88 bits per heavy atom. The van der Waals surface area contributed by atoms with Gasteiger partial charge in [-0.1, -0.05) is 25.3 Å². The third-order valence-corrected chi connectivity index (χ3v) is 4.05. The lowest BCUT2D eigenvalue weighted by Crippen LogP contribution is -2.19. The predicted molar refractivity (Wildman–Crippen MR) is 65.4 cm³/mol. The van der Waals surface area contributed by atoms with Gasteiger partial charge in [-0.15, -0.1) is 0 Å². The average molecular weight is 216 g/mol. The van der Waals surface area contributed by atoms with Gasteiger partial charge in [0.15, 0.2) is 0 Å². The van der Waals surface area contributed by atoms with Crippen molar-refractivity contribution >= 4 is 0 Å². The maximum absolute atomic E-state index is 5.97. The van der Waals surface area contributed by atoms with Gasteiger partial charge in [-0.2, -0.15) is 0 Å². The van der Waals surface area contributed by atoms with Crippen molar-refractivity contribution in [2.45, 2.75) is 56.9 Å². The van der Waals surface area contributed by atoms with Gasteiger partial charge in [0.2, 0.25) is 0 Å². The first-order valence-corrected chi connectivity index (χ1v) is 6.57. The molecule has 2 N–H and O–H groups in total. The fourth-order valence-corrected chi connectivity index (χ4v) is 3.14. The Balaban J connectivity index is 1.84. The van der Waals surface area contributed by atoms with Crippen LogP contribution in [0.15, 0.2) is 12.1 Å². The number of nitrogens with zero attached hydrogens (tertiary/aromatic N) is 1. The van der Waals surface area contributed by atoms with E-state index in [0.717, 1.165) is 18.8 Å². The van der Waals surface area contributed by atoms with E-state index in [1.807, 2.05) is 0 Å². The summed E-state index contributed by atoms with van der Waals surface area (Å²) in [5.41, 5.74) is 9.96. The van der Waals surface area contributed by atoms with Crippen LogP contribution < -0.4 is 5.73 Å². The monoisotopic (exact) mass is 216 g/mol. The zero-order chi connectivity index (χ0) is 11.0. The number of fused-ring (bicyclic) bond motifs is 1. The van der Waals surface area contributed by atoms with Crippen LogP contribution in [0.25, 0.3) is 0 Å². The zero-order valence-corrected chi connectivity index (χ0v) is 9.78. The first-order chi connectivity index (χ1) is 7.83. The molecule has 1 heterocycles. The second-order valence-electron chi connectivity index (χ2n) is 5.35. The Morgan fingerprint density at radius 1 is 1.06 bits per heavy atom. The first-order valence-electron chi connectivity index (χ1n) is 6.57. The van der Waals surface area contributed by atoms with E-state index in [0.29, 0.717) is 6.04 Å². The lowest BCUT2D eigenvalue weighted by Gasteiger charge is -2.21. The van der Waals surface area contributed by atoms with Crippen molar-refractivity contribution in [3.63, 3.8) is 0 Å². The van der Waals surface area contributed by atoms with E-state index in [2.05, 4.69) is 12.1 Å². The maximum atomic E-state index is 5.97. The smallest absolute Gasteiger partial charge is 0.0455 e. The largest absolute Gasteiger partial charge is 0.327 e. The second kappa shape index (κ2) is 4.17. The topological polar surface area (TPSA) is 38.9 Å². The first kappa shape index (κ1) is 10.3. The number of hydrogen-bond donors (Lipinski definition) is 1. The van der Waals surface area contributed by atoms with E-state index in [1.54, 1.807) is 0 Å². The summed E-state index contributed by atoms with van der Waals surface area (Å²) in [6, 6.07) is 4.82. The van der Waals surface area contributed by atoms with E-state index in [4.69, 9.17) is 10.7 Å². The lowest BCUT2D eigenvalue weighted by atomic mass is 9.86. The third kappa shape index (κ3) is 1.86. The summed E-state index contributed by atoms with van der Waals surface area (Å²) in [5, 5.41) is 0. The van der Waals surface area contributed by atoms with Crippen molar-refractivity contribution in [1.29, 1.82) is 0 Å². The number of aromatic nitrogens is 1. The summed E-state index contributed by atoms with van der Waals surface area (Å²) in [6.07, 6.45) is 8.83. The highest BCUT2D eigenvalue weighted by molar-refractivity contribution is 5.30. The van der Waals surface area contributed by atoms with Gasteiger partial charge in [-0.05, 0) is 30.9 Å². The number of nitrogens with two attached hydrogens (primary N) is 1. The molecule has 1 saturated carbocycles. The lowest BCUT2D eigenvalue weighted by molar-refractivity contribution is 0.436. The van der Waals surface area contributed by atoms with Gasteiger partial charge in [-0.3, -0.25) is 4.98 Å². The zero-order valence-electron chi connectivity index (χ0n) is 9.78. The predicted octanol–water partition coefficient (Wildman–Crippen LogP) is 2.56. The fourth-order valence-electron chi connectivity index (χ4n) is 3.14. The number of pyridine rings is 1. The van der Waals surface area contributed by atoms with Gasteiger partial charge >= 0.3 is 0 Å². The van der Waals surface area contributed by atoms with Gasteiger partial charge in [-0.25, -0.2) is 0 Å². The molecule has 1 aromatic heterocycles. The van der Waals surface area contributed by atoms with Gasteiger partial charge in [0, 0.05) is 29.8 Å². The van der Waals surface area contributed by atoms with Crippen molar-refractivity contribution in [3.05, 3.63) is 29.1 Å². The summed E-state index contributed by atoms with van der Waals surface area (Å²) in [4.78, 5) is 4.85. The average Bonchev–Trinajstić information content (AvgIpc) is 2.69. The maximum Gasteiger partial charge on any atom is 0.0455 e. The van der Waals surface area contributed by atoms with Gasteiger partial charge < -0.3 is 5.73 Å². The molecule has 2 aliphatic carbocycles. The molecule has 0 aromatic carbocycles. The second-order valence-corrected chi connectivity index (χ2v) is 5.35. The van der Waals surface area contributed by atoms with Crippen LogP contribution in [0.1, 0.15) is 55.0 Å². The van der Waals surface area contributed by atoms with Crippen molar-refractivity contribution in [2.24, 2.45) is 5.73 Å². The van der Waals surface area contributed by atoms with Crippen LogP contribution in [0.4, 0.5) is 0 Å². The van der Waals surface area contributed by atoms with Gasteiger partial charge in [0.1, 0.15) is 0 Å². The highest BCUT2D eigenvalue weighted by Crippen LogP contribution is 2.32. The Hall–Kier alpha value is -0.890. The molecule has 0 amide bonds. The van der Waals surface area contributed by atoms with Gasteiger partial charge in [0.25, 0.3) is 0 Å². The Kier molecular flexibility index (Phi) is 2.68. The van der Waals surface area contributed by atoms with Crippen LogP contribution >= 0.6 is 0 Å². The fraction of sp³-hybridized carbons (Fsp3) is 0.643. The van der Waals surface area contributed by atoms with E-state index < -0.39 is 0 Å². The summed E-state index contributed by atoms with van der Waals surface area (Å²) < 4.78 is 0. The summed E-state index contributed by atoms with van der Waals surface area (Å²) in [6.45, 7) is 0. The molecular formula is C14H20N2. The van der Waals surface area contributed by atoms with Crippen LogP contribution in [-0.2, 0) is 12.8 Å². The van der Waals surface area contributed by atoms with Crippen molar-refractivity contribution in [2.75, 3.05) is 0 Å². The highest BCUT2D eigenvalue weighted by atomic mass is 14.8. The van der Waals surface area contributed by atoms with Crippen LogP contribution in [0.5, 0.6) is 0 Å².